The molecule has 1 aromatic heterocycles. The van der Waals surface area contributed by atoms with E-state index < -0.39 is 0 Å². The number of aromatic nitrogens is 1. The highest BCUT2D eigenvalue weighted by Crippen LogP contribution is 2.30. The normalized spacial score (nSPS) is 24.2. The lowest BCUT2D eigenvalue weighted by Gasteiger charge is -2.39. The zero-order valence-corrected chi connectivity index (χ0v) is 21.3. The highest BCUT2D eigenvalue weighted by atomic mass is 16.5. The molecule has 196 valence electrons. The molecular formula is C29H36N4O4. The molecule has 5 rings (SSSR count). The summed E-state index contributed by atoms with van der Waals surface area (Å²) in [4.78, 5) is 36.7. The quantitative estimate of drug-likeness (QED) is 0.596. The third kappa shape index (κ3) is 6.76. The molecule has 2 atom stereocenters. The van der Waals surface area contributed by atoms with E-state index in [0.717, 1.165) is 23.3 Å². The molecule has 0 spiro atoms. The fraction of sp³-hybridized carbons (Fsp3) is 0.483. The van der Waals surface area contributed by atoms with Crippen molar-refractivity contribution in [1.82, 2.24) is 19.7 Å². The van der Waals surface area contributed by atoms with E-state index in [9.17, 15) is 9.59 Å². The molecule has 3 aliphatic heterocycles. The summed E-state index contributed by atoms with van der Waals surface area (Å²) >= 11 is 0. The van der Waals surface area contributed by atoms with Gasteiger partial charge in [-0.25, -0.2) is 0 Å². The monoisotopic (exact) mass is 504 g/mol. The van der Waals surface area contributed by atoms with Crippen LogP contribution in [0.25, 0.3) is 0 Å². The Morgan fingerprint density at radius 3 is 2.68 bits per heavy atom. The number of morpholine rings is 1. The van der Waals surface area contributed by atoms with Crippen LogP contribution in [0.5, 0.6) is 5.75 Å². The van der Waals surface area contributed by atoms with E-state index in [1.807, 2.05) is 46.2 Å². The van der Waals surface area contributed by atoms with Crippen LogP contribution in [0.15, 0.2) is 60.9 Å². The average Bonchev–Trinajstić information content (AvgIpc) is 2.94. The molecule has 0 radical (unpaired) electrons. The second-order valence-corrected chi connectivity index (χ2v) is 10.1. The van der Waals surface area contributed by atoms with Crippen molar-refractivity contribution in [1.29, 1.82) is 0 Å². The van der Waals surface area contributed by atoms with Crippen molar-refractivity contribution in [2.24, 2.45) is 11.8 Å². The number of ether oxygens (including phenoxy) is 2. The molecule has 0 saturated carbocycles. The molecule has 2 saturated heterocycles. The predicted octanol–water partition coefficient (Wildman–Crippen LogP) is 2.75. The summed E-state index contributed by atoms with van der Waals surface area (Å²) in [7, 11) is 0. The summed E-state index contributed by atoms with van der Waals surface area (Å²) in [5, 5.41) is 0. The summed E-state index contributed by atoms with van der Waals surface area (Å²) in [6, 6.07) is 12.0. The van der Waals surface area contributed by atoms with Crippen LogP contribution in [0.3, 0.4) is 0 Å². The molecule has 2 fully saturated rings. The molecule has 2 amide bonds. The van der Waals surface area contributed by atoms with Crippen LogP contribution in [-0.4, -0.2) is 84.0 Å². The first kappa shape index (κ1) is 25.4. The summed E-state index contributed by atoms with van der Waals surface area (Å²) in [5.74, 6) is 1.49. The smallest absolute Gasteiger partial charge is 0.236 e. The fourth-order valence-electron chi connectivity index (χ4n) is 5.48. The zero-order chi connectivity index (χ0) is 25.5. The van der Waals surface area contributed by atoms with Gasteiger partial charge in [0.2, 0.25) is 11.8 Å². The first-order chi connectivity index (χ1) is 18.2. The lowest BCUT2D eigenvalue weighted by Crippen LogP contribution is -2.48. The van der Waals surface area contributed by atoms with Gasteiger partial charge in [-0.2, -0.15) is 0 Å². The first-order valence-corrected chi connectivity index (χ1v) is 13.3. The van der Waals surface area contributed by atoms with E-state index in [4.69, 9.17) is 9.47 Å². The highest BCUT2D eigenvalue weighted by Gasteiger charge is 2.33. The van der Waals surface area contributed by atoms with Gasteiger partial charge in [-0.15, -0.1) is 0 Å². The van der Waals surface area contributed by atoms with Crippen molar-refractivity contribution in [3.05, 3.63) is 72.1 Å². The Morgan fingerprint density at radius 2 is 1.84 bits per heavy atom. The number of carbonyl (C=O) groups excluding carboxylic acids is 2. The van der Waals surface area contributed by atoms with Crippen LogP contribution in [0.4, 0.5) is 0 Å². The van der Waals surface area contributed by atoms with Crippen molar-refractivity contribution in [2.75, 3.05) is 52.5 Å². The van der Waals surface area contributed by atoms with Crippen molar-refractivity contribution in [3.63, 3.8) is 0 Å². The number of nitrogens with zero attached hydrogens (tertiary/aromatic N) is 4. The summed E-state index contributed by atoms with van der Waals surface area (Å²) in [6.07, 6.45) is 9.11. The summed E-state index contributed by atoms with van der Waals surface area (Å²) in [6.45, 7) is 5.89. The third-order valence-electron chi connectivity index (χ3n) is 7.56. The van der Waals surface area contributed by atoms with E-state index in [1.165, 1.54) is 0 Å². The summed E-state index contributed by atoms with van der Waals surface area (Å²) in [5.41, 5.74) is 2.18. The van der Waals surface area contributed by atoms with Crippen LogP contribution in [-0.2, 0) is 27.4 Å². The van der Waals surface area contributed by atoms with Gasteiger partial charge in [0.05, 0.1) is 19.8 Å². The number of pyridine rings is 1. The van der Waals surface area contributed by atoms with E-state index in [1.54, 1.807) is 12.4 Å². The molecule has 8 nitrogen and oxygen atoms in total. The molecular weight excluding hydrogens is 468 g/mol. The molecule has 0 N–H and O–H groups in total. The third-order valence-corrected chi connectivity index (χ3v) is 7.56. The van der Waals surface area contributed by atoms with Gasteiger partial charge in [-0.05, 0) is 42.0 Å². The molecule has 8 heteroatoms. The van der Waals surface area contributed by atoms with Gasteiger partial charge >= 0.3 is 0 Å². The maximum absolute atomic E-state index is 13.5. The number of piperidine rings is 1. The number of amides is 2. The molecule has 2 bridgehead atoms. The van der Waals surface area contributed by atoms with Gasteiger partial charge in [-0.3, -0.25) is 19.5 Å². The lowest BCUT2D eigenvalue weighted by molar-refractivity contribution is -0.138. The van der Waals surface area contributed by atoms with Gasteiger partial charge < -0.3 is 19.3 Å². The summed E-state index contributed by atoms with van der Waals surface area (Å²) < 4.78 is 11.6. The van der Waals surface area contributed by atoms with Gasteiger partial charge in [0.1, 0.15) is 12.4 Å². The van der Waals surface area contributed by atoms with Crippen LogP contribution < -0.4 is 4.74 Å². The number of rotatable bonds is 4. The number of fused-ring (bicyclic) bond motifs is 3. The van der Waals surface area contributed by atoms with Gasteiger partial charge in [0, 0.05) is 63.6 Å². The van der Waals surface area contributed by atoms with Crippen LogP contribution in [0, 0.1) is 11.8 Å². The van der Waals surface area contributed by atoms with Crippen molar-refractivity contribution in [3.8, 4) is 5.75 Å². The molecule has 4 heterocycles. The molecule has 1 aromatic carbocycles. The molecule has 2 aromatic rings. The maximum Gasteiger partial charge on any atom is 0.236 e. The number of para-hydroxylation sites is 1. The maximum atomic E-state index is 13.5. The second kappa shape index (κ2) is 12.3. The Morgan fingerprint density at radius 1 is 1.03 bits per heavy atom. The molecule has 0 aliphatic carbocycles. The Labute approximate surface area is 218 Å². The lowest BCUT2D eigenvalue weighted by atomic mass is 9.82. The average molecular weight is 505 g/mol. The predicted molar refractivity (Wildman–Crippen MR) is 140 cm³/mol. The van der Waals surface area contributed by atoms with Crippen LogP contribution >= 0.6 is 0 Å². The topological polar surface area (TPSA) is 75.2 Å². The van der Waals surface area contributed by atoms with Gasteiger partial charge in [-0.1, -0.05) is 30.4 Å². The number of benzene rings is 1. The number of carbonyl (C=O) groups is 2. The minimum atomic E-state index is 0.121. The van der Waals surface area contributed by atoms with Crippen molar-refractivity contribution >= 4 is 11.8 Å². The molecule has 0 unspecified atom stereocenters. The van der Waals surface area contributed by atoms with E-state index in [-0.39, 0.29) is 23.7 Å². The Balaban J connectivity index is 1.34. The van der Waals surface area contributed by atoms with Crippen LogP contribution in [0.1, 0.15) is 24.0 Å². The first-order valence-electron chi connectivity index (χ1n) is 13.3. The van der Waals surface area contributed by atoms with Crippen LogP contribution in [0.2, 0.25) is 0 Å². The highest BCUT2D eigenvalue weighted by molar-refractivity contribution is 5.79. The number of hydrogen-bond donors (Lipinski definition) is 0. The van der Waals surface area contributed by atoms with Crippen molar-refractivity contribution < 1.29 is 19.1 Å². The second-order valence-electron chi connectivity index (χ2n) is 10.1. The van der Waals surface area contributed by atoms with Crippen molar-refractivity contribution in [2.45, 2.75) is 25.9 Å². The largest absolute Gasteiger partial charge is 0.489 e. The standard InChI is InChI=1S/C29H36N4O4/c34-28(32-13-16-36-17-14-32)18-24-9-12-33-21-25(24)5-3-15-37-27-6-2-1-4-26(27)20-31(22-29(33)35)19-23-7-10-30-11-8-23/h1-8,10-11,24-25H,9,12-22H2/b5-3-/t24-,25-/m0/s1. The Kier molecular flexibility index (Phi) is 8.48. The number of hydrogen-bond acceptors (Lipinski definition) is 6. The fourth-order valence-corrected chi connectivity index (χ4v) is 5.48. The van der Waals surface area contributed by atoms with Gasteiger partial charge in [0.25, 0.3) is 0 Å². The minimum absolute atomic E-state index is 0.121. The zero-order valence-electron chi connectivity index (χ0n) is 21.3. The Hall–Kier alpha value is -3.23. The van der Waals surface area contributed by atoms with E-state index >= 15 is 0 Å². The van der Waals surface area contributed by atoms with E-state index in [2.05, 4.69) is 22.0 Å². The SMILES string of the molecule is O=C(C[C@@H]1CCN2C[C@@H]1/C=C\COc1ccccc1CN(Cc1ccncc1)CC2=O)N1CCOCC1. The molecule has 3 aliphatic rings. The van der Waals surface area contributed by atoms with Gasteiger partial charge in [0.15, 0.2) is 0 Å². The molecule has 37 heavy (non-hydrogen) atoms. The Bertz CT molecular complexity index is 1090. The minimum Gasteiger partial charge on any atom is -0.489 e. The van der Waals surface area contributed by atoms with E-state index in [0.29, 0.717) is 72.1 Å².